The zero-order valence-corrected chi connectivity index (χ0v) is 21.4. The minimum absolute atomic E-state index is 0.0265. The van der Waals surface area contributed by atoms with Gasteiger partial charge in [0, 0.05) is 16.2 Å². The van der Waals surface area contributed by atoms with Crippen molar-refractivity contribution in [3.63, 3.8) is 0 Å². The Hall–Kier alpha value is -3.32. The lowest BCUT2D eigenvalue weighted by Gasteiger charge is -2.21. The van der Waals surface area contributed by atoms with Crippen molar-refractivity contribution in [3.05, 3.63) is 114 Å². The van der Waals surface area contributed by atoms with Gasteiger partial charge in [-0.25, -0.2) is 0 Å². The third-order valence-corrected chi connectivity index (χ3v) is 6.05. The van der Waals surface area contributed by atoms with Gasteiger partial charge in [0.1, 0.15) is 11.2 Å². The summed E-state index contributed by atoms with van der Waals surface area (Å²) in [6.07, 6.45) is 22.4. The highest BCUT2D eigenvalue weighted by Gasteiger charge is 2.19. The molecule has 1 heterocycles. The maximum absolute atomic E-state index is 6.19. The van der Waals surface area contributed by atoms with Crippen LogP contribution in [0, 0.1) is 0 Å². The molecule has 1 nitrogen and oxygen atoms in total. The topological polar surface area (TPSA) is 13.1 Å². The van der Waals surface area contributed by atoms with Crippen molar-refractivity contribution in [1.29, 1.82) is 0 Å². The molecule has 0 radical (unpaired) electrons. The lowest BCUT2D eigenvalue weighted by molar-refractivity contribution is 0.659. The summed E-state index contributed by atoms with van der Waals surface area (Å²) in [6, 6.07) is 13.1. The summed E-state index contributed by atoms with van der Waals surface area (Å²) < 4.78 is 6.19. The zero-order valence-electron chi connectivity index (χ0n) is 21.4. The molecule has 34 heavy (non-hydrogen) atoms. The Morgan fingerprint density at radius 2 is 1.56 bits per heavy atom. The third kappa shape index (κ3) is 5.97. The number of rotatable bonds is 10. The number of allylic oxidation sites excluding steroid dienone is 11. The van der Waals surface area contributed by atoms with Crippen molar-refractivity contribution in [2.75, 3.05) is 0 Å². The maximum Gasteiger partial charge on any atom is 0.135 e. The second kappa shape index (κ2) is 11.7. The highest BCUT2D eigenvalue weighted by molar-refractivity contribution is 6.06. The molecule has 0 N–H and O–H groups in total. The average molecular weight is 451 g/mol. The molecule has 0 atom stereocenters. The Labute approximate surface area is 205 Å². The summed E-state index contributed by atoms with van der Waals surface area (Å²) in [5.74, 6) is 0. The molecule has 0 aliphatic rings. The van der Waals surface area contributed by atoms with E-state index in [0.717, 1.165) is 41.4 Å². The fourth-order valence-electron chi connectivity index (χ4n) is 4.11. The fourth-order valence-corrected chi connectivity index (χ4v) is 4.11. The van der Waals surface area contributed by atoms with Crippen molar-refractivity contribution in [2.24, 2.45) is 0 Å². The third-order valence-electron chi connectivity index (χ3n) is 6.05. The van der Waals surface area contributed by atoms with Crippen LogP contribution in [0.3, 0.4) is 0 Å². The van der Waals surface area contributed by atoms with E-state index in [-0.39, 0.29) is 5.41 Å². The van der Waals surface area contributed by atoms with Crippen LogP contribution < -0.4 is 0 Å². The predicted octanol–water partition coefficient (Wildman–Crippen LogP) is 10.3. The summed E-state index contributed by atoms with van der Waals surface area (Å²) in [5.41, 5.74) is 6.67. The highest BCUT2D eigenvalue weighted by Crippen LogP contribution is 2.35. The Bertz CT molecular complexity index is 1280. The normalized spacial score (nSPS) is 13.9. The van der Waals surface area contributed by atoms with Crippen LogP contribution in [-0.2, 0) is 5.41 Å². The lowest BCUT2D eigenvalue weighted by Crippen LogP contribution is -2.13. The summed E-state index contributed by atoms with van der Waals surface area (Å²) in [5, 5.41) is 2.33. The van der Waals surface area contributed by atoms with E-state index in [1.54, 1.807) is 0 Å². The largest absolute Gasteiger partial charge is 0.456 e. The van der Waals surface area contributed by atoms with Crippen molar-refractivity contribution in [3.8, 4) is 0 Å². The van der Waals surface area contributed by atoms with E-state index in [2.05, 4.69) is 120 Å². The average Bonchev–Trinajstić information content (AvgIpc) is 3.20. The van der Waals surface area contributed by atoms with Crippen molar-refractivity contribution in [2.45, 2.75) is 59.3 Å². The first kappa shape index (κ1) is 25.3. The van der Waals surface area contributed by atoms with Crippen LogP contribution in [-0.4, -0.2) is 0 Å². The van der Waals surface area contributed by atoms with Crippen LogP contribution in [0.2, 0.25) is 0 Å². The molecule has 0 fully saturated rings. The minimum atomic E-state index is -0.0265. The molecular weight excluding hydrogens is 412 g/mol. The second-order valence-corrected chi connectivity index (χ2v) is 9.17. The first-order chi connectivity index (χ1) is 16.4. The summed E-state index contributed by atoms with van der Waals surface area (Å²) in [4.78, 5) is 0. The number of hydrogen-bond donors (Lipinski definition) is 0. The van der Waals surface area contributed by atoms with Gasteiger partial charge < -0.3 is 4.42 Å². The summed E-state index contributed by atoms with van der Waals surface area (Å²) in [6.45, 7) is 14.9. The highest BCUT2D eigenvalue weighted by atomic mass is 16.3. The van der Waals surface area contributed by atoms with Crippen LogP contribution in [0.5, 0.6) is 0 Å². The van der Waals surface area contributed by atoms with E-state index >= 15 is 0 Å². The molecule has 0 saturated heterocycles. The summed E-state index contributed by atoms with van der Waals surface area (Å²) >= 11 is 0. The molecule has 1 aromatic heterocycles. The van der Waals surface area contributed by atoms with E-state index in [0.29, 0.717) is 0 Å². The van der Waals surface area contributed by atoms with Crippen molar-refractivity contribution in [1.82, 2.24) is 0 Å². The van der Waals surface area contributed by atoms with Gasteiger partial charge in [0.05, 0.1) is 0 Å². The van der Waals surface area contributed by atoms with E-state index in [1.807, 2.05) is 12.2 Å². The minimum Gasteiger partial charge on any atom is -0.456 e. The van der Waals surface area contributed by atoms with Gasteiger partial charge in [-0.05, 0) is 65.8 Å². The van der Waals surface area contributed by atoms with E-state index in [9.17, 15) is 0 Å². The Morgan fingerprint density at radius 3 is 2.24 bits per heavy atom. The Morgan fingerprint density at radius 1 is 0.853 bits per heavy atom. The van der Waals surface area contributed by atoms with Crippen molar-refractivity contribution >= 4 is 27.5 Å². The first-order valence-electron chi connectivity index (χ1n) is 12.5. The SMILES string of the molecule is C=C/C=C(/C=C\CC)\C=C/C(=C\CC)c1ccc2oc3ccc(C(C)(C)/C=C\CC)cc3c2c1. The molecule has 176 valence electrons. The zero-order chi connectivity index (χ0) is 24.6. The van der Waals surface area contributed by atoms with E-state index in [4.69, 9.17) is 4.42 Å². The second-order valence-electron chi connectivity index (χ2n) is 9.17. The van der Waals surface area contributed by atoms with Crippen LogP contribution in [0.15, 0.2) is 108 Å². The van der Waals surface area contributed by atoms with Crippen LogP contribution in [0.4, 0.5) is 0 Å². The van der Waals surface area contributed by atoms with Crippen LogP contribution in [0.25, 0.3) is 27.5 Å². The monoisotopic (exact) mass is 450 g/mol. The molecule has 0 aliphatic heterocycles. The molecule has 0 amide bonds. The number of fused-ring (bicyclic) bond motifs is 3. The maximum atomic E-state index is 6.19. The van der Waals surface area contributed by atoms with E-state index < -0.39 is 0 Å². The molecule has 2 aromatic carbocycles. The first-order valence-corrected chi connectivity index (χ1v) is 12.5. The molecule has 0 unspecified atom stereocenters. The smallest absolute Gasteiger partial charge is 0.135 e. The van der Waals surface area contributed by atoms with Gasteiger partial charge in [-0.2, -0.15) is 0 Å². The number of furan rings is 1. The van der Waals surface area contributed by atoms with Crippen molar-refractivity contribution < 1.29 is 4.42 Å². The van der Waals surface area contributed by atoms with Gasteiger partial charge in [0.15, 0.2) is 0 Å². The molecule has 0 spiro atoms. The predicted molar refractivity (Wildman–Crippen MR) is 151 cm³/mol. The van der Waals surface area contributed by atoms with Gasteiger partial charge in [-0.3, -0.25) is 0 Å². The quantitative estimate of drug-likeness (QED) is 0.221. The van der Waals surface area contributed by atoms with E-state index in [1.165, 1.54) is 22.1 Å². The van der Waals surface area contributed by atoms with Crippen LogP contribution >= 0.6 is 0 Å². The Balaban J connectivity index is 2.08. The Kier molecular flexibility index (Phi) is 8.71. The van der Waals surface area contributed by atoms with Gasteiger partial charge in [0.2, 0.25) is 0 Å². The van der Waals surface area contributed by atoms with Gasteiger partial charge in [-0.1, -0.05) is 108 Å². The molecule has 0 aliphatic carbocycles. The number of benzene rings is 2. The molecule has 1 heteroatoms. The van der Waals surface area contributed by atoms with Gasteiger partial charge >= 0.3 is 0 Å². The molecule has 3 aromatic rings. The molecule has 0 saturated carbocycles. The molecule has 3 rings (SSSR count). The standard InChI is InChI=1S/C33H38O/c1-7-11-15-25(13-9-3)16-17-26(14-10-4)27-18-20-31-29(23-27)30-24-28(19-21-32(30)34-31)33(5,6)22-12-8-2/h9,11-24H,3,7-8,10H2,1-2,4-6H3/b15-11-,17-16-,22-12-,25-13-,26-14+. The summed E-state index contributed by atoms with van der Waals surface area (Å²) in [7, 11) is 0. The van der Waals surface area contributed by atoms with Gasteiger partial charge in [0.25, 0.3) is 0 Å². The fraction of sp³-hybridized carbons (Fsp3) is 0.273. The lowest BCUT2D eigenvalue weighted by atomic mass is 9.83. The number of hydrogen-bond acceptors (Lipinski definition) is 1. The molecule has 0 bridgehead atoms. The molecular formula is C33H38O. The van der Waals surface area contributed by atoms with Crippen LogP contribution in [0.1, 0.15) is 65.0 Å². The van der Waals surface area contributed by atoms with Gasteiger partial charge in [-0.15, -0.1) is 0 Å².